The van der Waals surface area contributed by atoms with Crippen molar-refractivity contribution in [3.63, 3.8) is 0 Å². The molecule has 1 amide bonds. The van der Waals surface area contributed by atoms with Crippen molar-refractivity contribution in [2.24, 2.45) is 0 Å². The largest absolute Gasteiger partial charge is 0.497 e. The molecule has 1 aliphatic rings. The molecule has 1 unspecified atom stereocenters. The molecular formula is C14H17F3N2O2. The van der Waals surface area contributed by atoms with Crippen LogP contribution in [0.1, 0.15) is 12.0 Å². The molecule has 0 spiro atoms. The van der Waals surface area contributed by atoms with Crippen molar-refractivity contribution in [3.8, 4) is 5.75 Å². The lowest BCUT2D eigenvalue weighted by Crippen LogP contribution is -2.49. The van der Waals surface area contributed by atoms with Crippen LogP contribution in [0.3, 0.4) is 0 Å². The van der Waals surface area contributed by atoms with Crippen molar-refractivity contribution in [1.29, 1.82) is 0 Å². The highest BCUT2D eigenvalue weighted by atomic mass is 19.4. The van der Waals surface area contributed by atoms with Crippen LogP contribution < -0.4 is 10.1 Å². The summed E-state index contributed by atoms with van der Waals surface area (Å²) >= 11 is 0. The lowest BCUT2D eigenvalue weighted by Gasteiger charge is -2.30. The van der Waals surface area contributed by atoms with Crippen molar-refractivity contribution < 1.29 is 22.7 Å². The van der Waals surface area contributed by atoms with Gasteiger partial charge in [0, 0.05) is 26.1 Å². The van der Waals surface area contributed by atoms with Crippen LogP contribution in [0.5, 0.6) is 5.75 Å². The quantitative estimate of drug-likeness (QED) is 0.928. The van der Waals surface area contributed by atoms with Gasteiger partial charge in [0.2, 0.25) is 5.91 Å². The predicted molar refractivity (Wildman–Crippen MR) is 70.9 cm³/mol. The summed E-state index contributed by atoms with van der Waals surface area (Å²) in [5, 5.41) is 2.31. The summed E-state index contributed by atoms with van der Waals surface area (Å²) in [6.45, 7) is -0.177. The van der Waals surface area contributed by atoms with E-state index in [-0.39, 0.29) is 25.4 Å². The number of benzene rings is 1. The van der Waals surface area contributed by atoms with E-state index in [1.807, 2.05) is 0 Å². The van der Waals surface area contributed by atoms with E-state index in [1.54, 1.807) is 24.3 Å². The van der Waals surface area contributed by atoms with Crippen LogP contribution in [-0.4, -0.2) is 43.2 Å². The highest BCUT2D eigenvalue weighted by molar-refractivity contribution is 5.76. The van der Waals surface area contributed by atoms with E-state index < -0.39 is 18.8 Å². The number of halogens is 3. The van der Waals surface area contributed by atoms with Gasteiger partial charge >= 0.3 is 6.18 Å². The Morgan fingerprint density at radius 3 is 2.57 bits per heavy atom. The molecule has 1 saturated heterocycles. The average Bonchev–Trinajstić information content (AvgIpc) is 2.61. The Morgan fingerprint density at radius 2 is 2.00 bits per heavy atom. The molecule has 116 valence electrons. The topological polar surface area (TPSA) is 41.6 Å². The van der Waals surface area contributed by atoms with Crippen LogP contribution in [0.2, 0.25) is 0 Å². The first-order valence-corrected chi connectivity index (χ1v) is 6.60. The summed E-state index contributed by atoms with van der Waals surface area (Å²) in [6, 6.07) is 5.21. The third-order valence-electron chi connectivity index (χ3n) is 3.48. The van der Waals surface area contributed by atoms with Crippen molar-refractivity contribution in [2.75, 3.05) is 20.2 Å². The molecule has 2 rings (SSSR count). The smallest absolute Gasteiger partial charge is 0.405 e. The first-order valence-electron chi connectivity index (χ1n) is 6.60. The number of ether oxygens (including phenoxy) is 1. The van der Waals surface area contributed by atoms with Gasteiger partial charge in [-0.3, -0.25) is 9.69 Å². The molecule has 21 heavy (non-hydrogen) atoms. The van der Waals surface area contributed by atoms with Crippen LogP contribution in [0.4, 0.5) is 13.2 Å². The van der Waals surface area contributed by atoms with Crippen molar-refractivity contribution in [2.45, 2.75) is 25.2 Å². The molecule has 0 aliphatic carbocycles. The predicted octanol–water partition coefficient (Wildman–Crippen LogP) is 1.95. The normalized spacial score (nSPS) is 20.8. The Hall–Kier alpha value is -1.76. The Morgan fingerprint density at radius 1 is 1.33 bits per heavy atom. The fraction of sp³-hybridized carbons (Fsp3) is 0.500. The average molecular weight is 302 g/mol. The minimum absolute atomic E-state index is 0.0722. The molecule has 1 aliphatic heterocycles. The third-order valence-corrected chi connectivity index (χ3v) is 3.48. The fourth-order valence-corrected chi connectivity index (χ4v) is 2.31. The van der Waals surface area contributed by atoms with Crippen LogP contribution in [-0.2, 0) is 11.3 Å². The number of carbonyl (C=O) groups excluding carboxylic acids is 1. The van der Waals surface area contributed by atoms with Gasteiger partial charge in [-0.05, 0) is 17.7 Å². The van der Waals surface area contributed by atoms with Crippen LogP contribution in [0.15, 0.2) is 24.3 Å². The zero-order valence-electron chi connectivity index (χ0n) is 11.6. The van der Waals surface area contributed by atoms with Crippen LogP contribution in [0.25, 0.3) is 0 Å². The van der Waals surface area contributed by atoms with Crippen molar-refractivity contribution in [1.82, 2.24) is 10.2 Å². The molecule has 0 aromatic heterocycles. The molecular weight excluding hydrogens is 285 g/mol. The number of hydrogen-bond acceptors (Lipinski definition) is 3. The Kier molecular flexibility index (Phi) is 4.72. The number of alkyl halides is 3. The maximum absolute atomic E-state index is 13.1. The van der Waals surface area contributed by atoms with E-state index in [4.69, 9.17) is 4.74 Å². The highest BCUT2D eigenvalue weighted by Crippen LogP contribution is 2.27. The van der Waals surface area contributed by atoms with Crippen LogP contribution >= 0.6 is 0 Å². The van der Waals surface area contributed by atoms with E-state index in [9.17, 15) is 18.0 Å². The van der Waals surface area contributed by atoms with Gasteiger partial charge < -0.3 is 10.1 Å². The summed E-state index contributed by atoms with van der Waals surface area (Å²) < 4.78 is 44.3. The van der Waals surface area contributed by atoms with E-state index in [0.717, 1.165) is 5.56 Å². The second kappa shape index (κ2) is 6.34. The third kappa shape index (κ3) is 4.10. The SMILES string of the molecule is COc1ccc(CN2CCC(=O)NCC2C(F)(F)F)cc1. The van der Waals surface area contributed by atoms with E-state index in [2.05, 4.69) is 5.32 Å². The molecule has 0 bridgehead atoms. The Labute approximate surface area is 120 Å². The second-order valence-electron chi connectivity index (χ2n) is 4.93. The van der Waals surface area contributed by atoms with E-state index in [0.29, 0.717) is 5.75 Å². The van der Waals surface area contributed by atoms with Gasteiger partial charge in [-0.25, -0.2) is 0 Å². The standard InChI is InChI=1S/C14H17F3N2O2/c1-21-11-4-2-10(3-5-11)9-19-7-6-13(20)18-8-12(19)14(15,16)17/h2-5,12H,6-9H2,1H3,(H,18,20). The number of carbonyl (C=O) groups is 1. The summed E-state index contributed by atoms with van der Waals surface area (Å²) in [5.41, 5.74) is 0.749. The first-order chi connectivity index (χ1) is 9.90. The fourth-order valence-electron chi connectivity index (χ4n) is 2.31. The minimum atomic E-state index is -4.37. The van der Waals surface area contributed by atoms with Crippen LogP contribution in [0, 0.1) is 0 Å². The second-order valence-corrected chi connectivity index (χ2v) is 4.93. The van der Waals surface area contributed by atoms with Gasteiger partial charge in [-0.15, -0.1) is 0 Å². The summed E-state index contributed by atoms with van der Waals surface area (Å²) in [5.74, 6) is 0.306. The number of rotatable bonds is 3. The number of amides is 1. The van der Waals surface area contributed by atoms with Gasteiger partial charge in [0.25, 0.3) is 0 Å². The van der Waals surface area contributed by atoms with Crippen molar-refractivity contribution >= 4 is 5.91 Å². The van der Waals surface area contributed by atoms with Gasteiger partial charge in [0.15, 0.2) is 0 Å². The molecule has 1 heterocycles. The first kappa shape index (κ1) is 15.6. The molecule has 0 radical (unpaired) electrons. The Bertz CT molecular complexity index is 488. The summed E-state index contributed by atoms with van der Waals surface area (Å²) in [7, 11) is 1.53. The lowest BCUT2D eigenvalue weighted by molar-refractivity contribution is -0.182. The molecule has 1 fully saturated rings. The number of methoxy groups -OCH3 is 1. The van der Waals surface area contributed by atoms with Crippen molar-refractivity contribution in [3.05, 3.63) is 29.8 Å². The van der Waals surface area contributed by atoms with E-state index in [1.165, 1.54) is 12.0 Å². The molecule has 0 saturated carbocycles. The van der Waals surface area contributed by atoms with Gasteiger partial charge in [-0.2, -0.15) is 13.2 Å². The molecule has 1 aromatic carbocycles. The van der Waals surface area contributed by atoms with Gasteiger partial charge in [0.05, 0.1) is 7.11 Å². The lowest BCUT2D eigenvalue weighted by atomic mass is 10.1. The molecule has 1 N–H and O–H groups in total. The van der Waals surface area contributed by atoms with Gasteiger partial charge in [-0.1, -0.05) is 12.1 Å². The zero-order chi connectivity index (χ0) is 15.5. The number of nitrogens with one attached hydrogen (secondary N) is 1. The Balaban J connectivity index is 2.14. The highest BCUT2D eigenvalue weighted by Gasteiger charge is 2.44. The molecule has 1 atom stereocenters. The maximum atomic E-state index is 13.1. The monoisotopic (exact) mass is 302 g/mol. The molecule has 4 nitrogen and oxygen atoms in total. The maximum Gasteiger partial charge on any atom is 0.405 e. The molecule has 1 aromatic rings. The summed E-state index contributed by atoms with van der Waals surface area (Å²) in [6.07, 6.45) is -4.30. The van der Waals surface area contributed by atoms with E-state index >= 15 is 0 Å². The molecule has 7 heteroatoms. The minimum Gasteiger partial charge on any atom is -0.497 e. The number of hydrogen-bond donors (Lipinski definition) is 1. The number of nitrogens with zero attached hydrogens (tertiary/aromatic N) is 1. The summed E-state index contributed by atoms with van der Waals surface area (Å²) in [4.78, 5) is 12.6. The zero-order valence-corrected chi connectivity index (χ0v) is 11.6. The van der Waals surface area contributed by atoms with Gasteiger partial charge in [0.1, 0.15) is 11.8 Å².